The van der Waals surface area contributed by atoms with Gasteiger partial charge in [0.05, 0.1) is 7.11 Å². The Bertz CT molecular complexity index is 723. The molecule has 3 rings (SSSR count). The minimum atomic E-state index is -0.205. The van der Waals surface area contributed by atoms with Crippen LogP contribution in [0.2, 0.25) is 0 Å². The van der Waals surface area contributed by atoms with E-state index in [0.717, 1.165) is 50.2 Å². The average Bonchev–Trinajstić information content (AvgIpc) is 2.71. The highest BCUT2D eigenvalue weighted by atomic mass is 19.1. The second-order valence-electron chi connectivity index (χ2n) is 7.07. The van der Waals surface area contributed by atoms with Gasteiger partial charge in [0.15, 0.2) is 0 Å². The average molecular weight is 370 g/mol. The zero-order chi connectivity index (χ0) is 19.1. The molecule has 1 heterocycles. The number of methoxy groups -OCH3 is 1. The number of benzene rings is 2. The highest BCUT2D eigenvalue weighted by molar-refractivity contribution is 5.78. The van der Waals surface area contributed by atoms with Crippen molar-refractivity contribution in [2.45, 2.75) is 25.8 Å². The van der Waals surface area contributed by atoms with E-state index in [4.69, 9.17) is 4.74 Å². The van der Waals surface area contributed by atoms with Crippen LogP contribution in [0.4, 0.5) is 4.39 Å². The monoisotopic (exact) mass is 370 g/mol. The summed E-state index contributed by atoms with van der Waals surface area (Å²) in [5, 5.41) is 3.07. The molecule has 2 aromatic carbocycles. The summed E-state index contributed by atoms with van der Waals surface area (Å²) in [6.45, 7) is 3.26. The second-order valence-corrected chi connectivity index (χ2v) is 7.07. The molecular formula is C22H27FN2O2. The molecule has 4 nitrogen and oxygen atoms in total. The molecule has 1 aliphatic rings. The van der Waals surface area contributed by atoms with Gasteiger partial charge in [-0.05, 0) is 67.7 Å². The van der Waals surface area contributed by atoms with Crippen molar-refractivity contribution in [2.75, 3.05) is 26.7 Å². The van der Waals surface area contributed by atoms with E-state index in [2.05, 4.69) is 10.2 Å². The molecular weight excluding hydrogens is 343 g/mol. The Balaban J connectivity index is 1.37. The summed E-state index contributed by atoms with van der Waals surface area (Å²) in [6, 6.07) is 14.6. The molecule has 0 atom stereocenters. The molecule has 0 spiro atoms. The van der Waals surface area contributed by atoms with Crippen LogP contribution >= 0.6 is 0 Å². The van der Waals surface area contributed by atoms with Crippen molar-refractivity contribution in [3.63, 3.8) is 0 Å². The largest absolute Gasteiger partial charge is 0.497 e. The normalized spacial score (nSPS) is 15.5. The van der Waals surface area contributed by atoms with Crippen LogP contribution < -0.4 is 10.1 Å². The highest BCUT2D eigenvalue weighted by Crippen LogP contribution is 2.19. The van der Waals surface area contributed by atoms with Gasteiger partial charge in [-0.2, -0.15) is 0 Å². The SMILES string of the molecule is COc1ccc(CCNC(=O)C2CCN(Cc3ccc(F)cc3)CC2)cc1. The number of rotatable bonds is 7. The lowest BCUT2D eigenvalue weighted by atomic mass is 9.95. The second kappa shape index (κ2) is 9.51. The van der Waals surface area contributed by atoms with E-state index in [9.17, 15) is 9.18 Å². The fourth-order valence-electron chi connectivity index (χ4n) is 3.47. The van der Waals surface area contributed by atoms with Crippen LogP contribution in [-0.2, 0) is 17.8 Å². The van der Waals surface area contributed by atoms with Crippen LogP contribution in [0, 0.1) is 11.7 Å². The third kappa shape index (κ3) is 5.79. The van der Waals surface area contributed by atoms with Crippen LogP contribution in [0.3, 0.4) is 0 Å². The van der Waals surface area contributed by atoms with E-state index in [-0.39, 0.29) is 17.6 Å². The minimum Gasteiger partial charge on any atom is -0.497 e. The van der Waals surface area contributed by atoms with Crippen LogP contribution in [0.25, 0.3) is 0 Å². The van der Waals surface area contributed by atoms with Crippen molar-refractivity contribution in [3.8, 4) is 5.75 Å². The van der Waals surface area contributed by atoms with E-state index >= 15 is 0 Å². The standard InChI is InChI=1S/C22H27FN2O2/c1-27-21-8-4-17(5-9-21)10-13-24-22(26)19-11-14-25(15-12-19)16-18-2-6-20(23)7-3-18/h2-9,19H,10-16H2,1H3,(H,24,26). The molecule has 5 heteroatoms. The van der Waals surface area contributed by atoms with E-state index in [0.29, 0.717) is 6.54 Å². The Kier molecular flexibility index (Phi) is 6.82. The maximum Gasteiger partial charge on any atom is 0.223 e. The molecule has 0 aliphatic carbocycles. The summed E-state index contributed by atoms with van der Waals surface area (Å²) in [4.78, 5) is 14.7. The molecule has 1 fully saturated rings. The number of amides is 1. The van der Waals surface area contributed by atoms with Crippen molar-refractivity contribution in [3.05, 3.63) is 65.5 Å². The van der Waals surface area contributed by atoms with E-state index in [1.165, 1.54) is 17.7 Å². The lowest BCUT2D eigenvalue weighted by Gasteiger charge is -2.31. The summed E-state index contributed by atoms with van der Waals surface area (Å²) in [5.74, 6) is 0.884. The number of halogens is 1. The fraction of sp³-hybridized carbons (Fsp3) is 0.409. The van der Waals surface area contributed by atoms with Gasteiger partial charge in [-0.25, -0.2) is 4.39 Å². The number of nitrogens with one attached hydrogen (secondary N) is 1. The molecule has 0 aromatic heterocycles. The van der Waals surface area contributed by atoms with E-state index < -0.39 is 0 Å². The Morgan fingerprint density at radius 3 is 2.33 bits per heavy atom. The van der Waals surface area contributed by atoms with E-state index in [1.54, 1.807) is 7.11 Å². The molecule has 144 valence electrons. The van der Waals surface area contributed by atoms with Crippen LogP contribution in [0.15, 0.2) is 48.5 Å². The Labute approximate surface area is 160 Å². The molecule has 1 N–H and O–H groups in total. The Morgan fingerprint density at radius 1 is 1.07 bits per heavy atom. The van der Waals surface area contributed by atoms with Gasteiger partial charge >= 0.3 is 0 Å². The number of likely N-dealkylation sites (tertiary alicyclic amines) is 1. The number of piperidine rings is 1. The molecule has 27 heavy (non-hydrogen) atoms. The maximum atomic E-state index is 13.0. The minimum absolute atomic E-state index is 0.0883. The smallest absolute Gasteiger partial charge is 0.223 e. The first-order valence-electron chi connectivity index (χ1n) is 9.51. The predicted molar refractivity (Wildman–Crippen MR) is 104 cm³/mol. The Morgan fingerprint density at radius 2 is 1.70 bits per heavy atom. The molecule has 0 saturated carbocycles. The number of hydrogen-bond acceptors (Lipinski definition) is 3. The van der Waals surface area contributed by atoms with Crippen molar-refractivity contribution >= 4 is 5.91 Å². The summed E-state index contributed by atoms with van der Waals surface area (Å²) >= 11 is 0. The van der Waals surface area contributed by atoms with Gasteiger partial charge in [0.25, 0.3) is 0 Å². The van der Waals surface area contributed by atoms with Gasteiger partial charge < -0.3 is 10.1 Å². The highest BCUT2D eigenvalue weighted by Gasteiger charge is 2.24. The number of carbonyl (C=O) groups excluding carboxylic acids is 1. The fourth-order valence-corrected chi connectivity index (χ4v) is 3.47. The van der Waals surface area contributed by atoms with Gasteiger partial charge in [-0.3, -0.25) is 9.69 Å². The lowest BCUT2D eigenvalue weighted by Crippen LogP contribution is -2.40. The zero-order valence-corrected chi connectivity index (χ0v) is 15.8. The summed E-state index contributed by atoms with van der Waals surface area (Å²) in [7, 11) is 1.65. The van der Waals surface area contributed by atoms with Crippen LogP contribution in [-0.4, -0.2) is 37.6 Å². The van der Waals surface area contributed by atoms with E-state index in [1.807, 2.05) is 36.4 Å². The van der Waals surface area contributed by atoms with Crippen molar-refractivity contribution in [1.82, 2.24) is 10.2 Å². The van der Waals surface area contributed by atoms with Crippen LogP contribution in [0.5, 0.6) is 5.75 Å². The molecule has 1 saturated heterocycles. The molecule has 0 unspecified atom stereocenters. The van der Waals surface area contributed by atoms with Gasteiger partial charge in [0.1, 0.15) is 11.6 Å². The van der Waals surface area contributed by atoms with Gasteiger partial charge in [0.2, 0.25) is 5.91 Å². The lowest BCUT2D eigenvalue weighted by molar-refractivity contribution is -0.126. The van der Waals surface area contributed by atoms with Crippen molar-refractivity contribution in [1.29, 1.82) is 0 Å². The molecule has 0 radical (unpaired) electrons. The number of carbonyl (C=O) groups is 1. The topological polar surface area (TPSA) is 41.6 Å². The third-order valence-electron chi connectivity index (χ3n) is 5.15. The first kappa shape index (κ1) is 19.4. The molecule has 1 amide bonds. The zero-order valence-electron chi connectivity index (χ0n) is 15.8. The van der Waals surface area contributed by atoms with Gasteiger partial charge in [-0.15, -0.1) is 0 Å². The Hall–Kier alpha value is -2.40. The molecule has 1 aliphatic heterocycles. The van der Waals surface area contributed by atoms with Gasteiger partial charge in [0, 0.05) is 19.0 Å². The maximum absolute atomic E-state index is 13.0. The van der Waals surface area contributed by atoms with Crippen molar-refractivity contribution < 1.29 is 13.9 Å². The number of nitrogens with zero attached hydrogens (tertiary/aromatic N) is 1. The van der Waals surface area contributed by atoms with Crippen LogP contribution in [0.1, 0.15) is 24.0 Å². The predicted octanol–water partition coefficient (Wildman–Crippen LogP) is 3.41. The quantitative estimate of drug-likeness (QED) is 0.812. The summed E-state index contributed by atoms with van der Waals surface area (Å²) < 4.78 is 18.1. The first-order chi connectivity index (χ1) is 13.1. The third-order valence-corrected chi connectivity index (χ3v) is 5.15. The van der Waals surface area contributed by atoms with Crippen molar-refractivity contribution in [2.24, 2.45) is 5.92 Å². The summed E-state index contributed by atoms with van der Waals surface area (Å²) in [6.07, 6.45) is 2.56. The first-order valence-corrected chi connectivity index (χ1v) is 9.51. The van der Waals surface area contributed by atoms with Gasteiger partial charge in [-0.1, -0.05) is 24.3 Å². The molecule has 2 aromatic rings. The summed E-state index contributed by atoms with van der Waals surface area (Å²) in [5.41, 5.74) is 2.30. The molecule has 0 bridgehead atoms. The number of ether oxygens (including phenoxy) is 1. The number of hydrogen-bond donors (Lipinski definition) is 1.